The molecule has 0 N–H and O–H groups in total. The number of benzene rings is 9. The zero-order valence-corrected chi connectivity index (χ0v) is 71.1. The highest BCUT2D eigenvalue weighted by Gasteiger charge is 2.44. The van der Waals surface area contributed by atoms with Crippen molar-refractivity contribution >= 4 is 79.2 Å². The fourth-order valence-electron chi connectivity index (χ4n) is 14.9. The van der Waals surface area contributed by atoms with Gasteiger partial charge in [0.25, 0.3) is 0 Å². The third-order valence-corrected chi connectivity index (χ3v) is 22.1. The van der Waals surface area contributed by atoms with Gasteiger partial charge in [-0.1, -0.05) is 98.4 Å². The van der Waals surface area contributed by atoms with E-state index in [0.29, 0.717) is 89.4 Å². The van der Waals surface area contributed by atoms with Crippen molar-refractivity contribution in [2.24, 2.45) is 18.4 Å². The zero-order valence-electron chi connectivity index (χ0n) is 70.3. The number of fused-ring (bicyclic) bond motifs is 3. The summed E-state index contributed by atoms with van der Waals surface area (Å²) in [6.07, 6.45) is 17.3. The summed E-state index contributed by atoms with van der Waals surface area (Å²) in [6.45, 7) is 1.95. The summed E-state index contributed by atoms with van der Waals surface area (Å²) in [5, 5.41) is 7.00. The van der Waals surface area contributed by atoms with Gasteiger partial charge in [-0.05, 0) is 287 Å². The summed E-state index contributed by atoms with van der Waals surface area (Å²) < 4.78 is 49.7. The number of aromatic nitrogens is 2. The highest BCUT2D eigenvalue weighted by Crippen LogP contribution is 2.37. The Morgan fingerprint density at radius 3 is 0.909 bits per heavy atom. The van der Waals surface area contributed by atoms with Gasteiger partial charge in [-0.25, -0.2) is 0 Å². The van der Waals surface area contributed by atoms with Gasteiger partial charge in [0.1, 0.15) is 85.9 Å². The largest absolute Gasteiger partial charge is 0.497 e. The van der Waals surface area contributed by atoms with Gasteiger partial charge >= 0.3 is 0 Å². The lowest BCUT2D eigenvalue weighted by Crippen LogP contribution is -2.43. The first-order valence-electron chi connectivity index (χ1n) is 41.2. The highest BCUT2D eigenvalue weighted by atomic mass is 35.5. The third-order valence-electron chi connectivity index (χ3n) is 21.8. The summed E-state index contributed by atoms with van der Waals surface area (Å²) >= 11 is 5.58. The standard InChI is InChI=1S/C41H40O6.C32H34O5.C23H28O4.C6H9ClN2.CH4/c1-44-35-15-9-29(10-16-35)5-3-7-39(42)41(27-31-13-19-37-33(25-31)21-23-46-37,28-32-14-20-38-34(26-32)22-24-47-38)40(43)8-4-6-30-11-17-36(45-2)18-12-30;1-35-27-14-9-23(10-15-27)5-3-7-30(33)29(22-25-13-18-32-26(21-25)19-20-37-32)31(34)8-4-6-24-11-16-28(36-2)17-12-24;1-26-22-13-9-18(10-14-22)5-3-7-20(24)17-21(25)8-4-6-19-11-15-23(27-2)16-12-19;1-5-3-6(4-7)9(2)8-5;/h9-26H,3-8,27-28H2,1-2H3;9-21,29H,3-8,22H2,1-2H3;9-16H,3-8,17H2,1-2H3;3H,4H2,1-2H3;1H4. The number of Topliss-reactive ketones (excluding diaryl/α,β-unsaturated/α-hetero) is 6. The van der Waals surface area contributed by atoms with Crippen LogP contribution in [0.25, 0.3) is 32.9 Å². The number of carbonyl (C=O) groups excluding carboxylic acids is 6. The molecule has 0 saturated carbocycles. The van der Waals surface area contributed by atoms with Crippen molar-refractivity contribution in [3.8, 4) is 34.5 Å². The van der Waals surface area contributed by atoms with E-state index in [4.69, 9.17) is 53.3 Å². The van der Waals surface area contributed by atoms with Crippen LogP contribution in [0.1, 0.15) is 152 Å². The average Bonchev–Trinajstić information content (AvgIpc) is 1.07. The number of ether oxygens (including phenoxy) is 6. The summed E-state index contributed by atoms with van der Waals surface area (Å²) in [4.78, 5) is 79.9. The number of alkyl halides is 1. The van der Waals surface area contributed by atoms with Crippen LogP contribution >= 0.6 is 11.6 Å². The van der Waals surface area contributed by atoms with Crippen LogP contribution in [0.3, 0.4) is 0 Å². The van der Waals surface area contributed by atoms with Crippen LogP contribution in [-0.4, -0.2) is 87.1 Å². The number of methoxy groups -OCH3 is 6. The van der Waals surface area contributed by atoms with Crippen LogP contribution in [-0.2, 0) is 99.5 Å². The van der Waals surface area contributed by atoms with E-state index < -0.39 is 11.3 Å². The average molecular weight is 1660 g/mol. The summed E-state index contributed by atoms with van der Waals surface area (Å²) in [5.41, 5.74) is 13.0. The lowest BCUT2D eigenvalue weighted by Gasteiger charge is -2.32. The molecule has 0 bridgehead atoms. The summed E-state index contributed by atoms with van der Waals surface area (Å²) in [7, 11) is 11.8. The van der Waals surface area contributed by atoms with Gasteiger partial charge < -0.3 is 41.7 Å². The van der Waals surface area contributed by atoms with E-state index in [1.165, 1.54) is 11.1 Å². The third kappa shape index (κ3) is 28.8. The molecule has 9 aromatic carbocycles. The van der Waals surface area contributed by atoms with Gasteiger partial charge in [0.15, 0.2) is 0 Å². The number of hydrogen-bond acceptors (Lipinski definition) is 16. The summed E-state index contributed by atoms with van der Waals surface area (Å²) in [5.74, 6) is 4.89. The molecule has 0 unspecified atom stereocenters. The molecule has 13 rings (SSSR count). The minimum Gasteiger partial charge on any atom is -0.497 e. The Morgan fingerprint density at radius 2 is 0.636 bits per heavy atom. The molecule has 4 aromatic heterocycles. The Morgan fingerprint density at radius 1 is 0.364 bits per heavy atom. The van der Waals surface area contributed by atoms with Crippen LogP contribution in [0.5, 0.6) is 34.5 Å². The second-order valence-electron chi connectivity index (χ2n) is 30.3. The predicted octanol–water partition coefficient (Wildman–Crippen LogP) is 22.6. The minimum atomic E-state index is -1.23. The zero-order chi connectivity index (χ0) is 85.0. The summed E-state index contributed by atoms with van der Waals surface area (Å²) in [6, 6.07) is 72.9. The second-order valence-corrected chi connectivity index (χ2v) is 30.6. The molecule has 634 valence electrons. The number of halogens is 1. The fourth-order valence-corrected chi connectivity index (χ4v) is 15.2. The molecule has 0 aliphatic rings. The van der Waals surface area contributed by atoms with E-state index >= 15 is 0 Å². The molecule has 17 nitrogen and oxygen atoms in total. The Kier molecular flexibility index (Phi) is 37.0. The molecule has 18 heteroatoms. The molecule has 0 radical (unpaired) electrons. The molecule has 13 aromatic rings. The maximum Gasteiger partial charge on any atom is 0.147 e. The van der Waals surface area contributed by atoms with E-state index in [0.717, 1.165) is 169 Å². The van der Waals surface area contributed by atoms with Crippen molar-refractivity contribution in [2.75, 3.05) is 42.7 Å². The van der Waals surface area contributed by atoms with Gasteiger partial charge in [0, 0.05) is 61.7 Å². The van der Waals surface area contributed by atoms with Crippen molar-refractivity contribution < 1.29 is 70.4 Å². The molecule has 0 fully saturated rings. The number of aryl methyl sites for hydroxylation is 8. The van der Waals surface area contributed by atoms with Crippen molar-refractivity contribution in [3.05, 3.63) is 305 Å². The maximum atomic E-state index is 14.6. The Hall–Kier alpha value is -12.1. The lowest BCUT2D eigenvalue weighted by atomic mass is 9.67. The number of rotatable bonds is 43. The number of hydrogen-bond donors (Lipinski definition) is 0. The van der Waals surface area contributed by atoms with Crippen molar-refractivity contribution in [1.29, 1.82) is 0 Å². The van der Waals surface area contributed by atoms with Crippen LogP contribution < -0.4 is 28.4 Å². The molecule has 0 amide bonds. The van der Waals surface area contributed by atoms with E-state index in [2.05, 4.69) is 5.10 Å². The Bertz CT molecular complexity index is 5090. The van der Waals surface area contributed by atoms with Gasteiger partial charge in [-0.2, -0.15) is 5.10 Å². The van der Waals surface area contributed by atoms with Crippen molar-refractivity contribution in [2.45, 2.75) is 161 Å². The van der Waals surface area contributed by atoms with Crippen LogP contribution in [0.2, 0.25) is 0 Å². The molecule has 0 spiro atoms. The first-order valence-corrected chi connectivity index (χ1v) is 41.8. The molecular formula is C103H115ClN2O15. The van der Waals surface area contributed by atoms with E-state index in [-0.39, 0.29) is 48.5 Å². The molecular weight excluding hydrogens is 1540 g/mol. The second kappa shape index (κ2) is 48.2. The quantitative estimate of drug-likeness (QED) is 0.0256. The van der Waals surface area contributed by atoms with Crippen molar-refractivity contribution in [1.82, 2.24) is 9.78 Å². The van der Waals surface area contributed by atoms with Gasteiger partial charge in [0.2, 0.25) is 0 Å². The van der Waals surface area contributed by atoms with Crippen LogP contribution in [0.15, 0.2) is 256 Å². The van der Waals surface area contributed by atoms with Crippen LogP contribution in [0.4, 0.5) is 0 Å². The highest BCUT2D eigenvalue weighted by molar-refractivity contribution is 6.17. The van der Waals surface area contributed by atoms with Gasteiger partial charge in [0.05, 0.1) is 96.5 Å². The molecule has 4 heterocycles. The van der Waals surface area contributed by atoms with Crippen LogP contribution in [0, 0.1) is 18.3 Å². The van der Waals surface area contributed by atoms with E-state index in [1.54, 1.807) is 66.1 Å². The number of ketones is 6. The van der Waals surface area contributed by atoms with E-state index in [1.807, 2.05) is 238 Å². The molecule has 0 atom stereocenters. The smallest absolute Gasteiger partial charge is 0.147 e. The Balaban J connectivity index is 0.000000201. The van der Waals surface area contributed by atoms with E-state index in [9.17, 15) is 28.8 Å². The maximum absolute atomic E-state index is 14.6. The lowest BCUT2D eigenvalue weighted by molar-refractivity contribution is -0.141. The molecule has 0 aliphatic carbocycles. The SMILES string of the molecule is C.COc1ccc(CCCC(=O)C(Cc2ccc3occc3c2)(Cc2ccc3occc3c2)C(=O)CCCc2ccc(OC)cc2)cc1.COc1ccc(CCCC(=O)C(Cc2ccc3occc3c2)C(=O)CCCc2ccc(OC)cc2)cc1.COc1ccc(CCCC(=O)CC(=O)CCCc2ccc(OC)cc2)cc1.Cc1cc(CCl)n(C)n1. The van der Waals surface area contributed by atoms with Crippen molar-refractivity contribution in [3.63, 3.8) is 0 Å². The Labute approximate surface area is 717 Å². The molecule has 0 aliphatic heterocycles. The molecule has 0 saturated heterocycles. The van der Waals surface area contributed by atoms with Gasteiger partial charge in [-0.3, -0.25) is 33.4 Å². The first kappa shape index (κ1) is 92.8. The molecule has 121 heavy (non-hydrogen) atoms. The monoisotopic (exact) mass is 1650 g/mol. The number of carbonyl (C=O) groups is 6. The topological polar surface area (TPSA) is 215 Å². The van der Waals surface area contributed by atoms with Gasteiger partial charge in [-0.15, -0.1) is 11.6 Å². The number of furan rings is 3. The normalized spacial score (nSPS) is 11.0. The number of nitrogens with zero attached hydrogens (tertiary/aromatic N) is 2. The predicted molar refractivity (Wildman–Crippen MR) is 480 cm³/mol. The fraction of sp³-hybridized carbons (Fsp3) is 0.330. The first-order chi connectivity index (χ1) is 58.3. The minimum absolute atomic E-state index is 0.